The second-order valence-electron chi connectivity index (χ2n) is 7.26. The van der Waals surface area contributed by atoms with Gasteiger partial charge in [-0.2, -0.15) is 5.10 Å². The first-order chi connectivity index (χ1) is 14.7. The zero-order valence-electron chi connectivity index (χ0n) is 16.6. The number of aromatic nitrogens is 3. The van der Waals surface area contributed by atoms with E-state index in [0.29, 0.717) is 17.9 Å². The quantitative estimate of drug-likeness (QED) is 0.509. The van der Waals surface area contributed by atoms with Crippen LogP contribution in [0.5, 0.6) is 0 Å². The van der Waals surface area contributed by atoms with Crippen molar-refractivity contribution in [2.45, 2.75) is 29.8 Å². The normalized spacial score (nSPS) is 15.2. The Kier molecular flexibility index (Phi) is 7.04. The first-order valence-corrected chi connectivity index (χ1v) is 11.4. The van der Waals surface area contributed by atoms with Gasteiger partial charge in [0, 0.05) is 22.9 Å². The number of nitrogens with one attached hydrogen (secondary N) is 2. The Morgan fingerprint density at radius 2 is 2.03 bits per heavy atom. The third kappa shape index (κ3) is 5.22. The van der Waals surface area contributed by atoms with Gasteiger partial charge in [0.15, 0.2) is 5.16 Å². The van der Waals surface area contributed by atoms with Crippen LogP contribution in [0.1, 0.15) is 40.4 Å². The van der Waals surface area contributed by atoms with E-state index in [1.54, 1.807) is 0 Å². The number of H-pyrrole nitrogens is 1. The Labute approximate surface area is 185 Å². The van der Waals surface area contributed by atoms with Crippen molar-refractivity contribution in [1.82, 2.24) is 25.4 Å². The number of halogens is 1. The van der Waals surface area contributed by atoms with E-state index in [0.717, 1.165) is 34.4 Å². The number of amides is 1. The van der Waals surface area contributed by atoms with Crippen LogP contribution in [0.25, 0.3) is 0 Å². The topological polar surface area (TPSA) is 73.9 Å². The second kappa shape index (κ2) is 10.1. The first-order valence-electron chi connectivity index (χ1n) is 10.0. The van der Waals surface area contributed by atoms with Gasteiger partial charge in [0.1, 0.15) is 6.33 Å². The largest absolute Gasteiger partial charge is 0.350 e. The molecular weight excluding hydrogens is 418 g/mol. The van der Waals surface area contributed by atoms with Crippen LogP contribution >= 0.6 is 23.4 Å². The molecule has 2 N–H and O–H groups in total. The molecule has 0 radical (unpaired) electrons. The monoisotopic (exact) mass is 441 g/mol. The van der Waals surface area contributed by atoms with Crippen LogP contribution < -0.4 is 5.32 Å². The average Bonchev–Trinajstić information content (AvgIpc) is 3.47. The van der Waals surface area contributed by atoms with Gasteiger partial charge in [-0.3, -0.25) is 14.8 Å². The summed E-state index contributed by atoms with van der Waals surface area (Å²) in [5.74, 6) is 0.581. The number of carbonyl (C=O) groups excluding carboxylic acids is 1. The molecule has 1 amide bonds. The van der Waals surface area contributed by atoms with Gasteiger partial charge < -0.3 is 5.32 Å². The molecule has 4 rings (SSSR count). The van der Waals surface area contributed by atoms with Crippen molar-refractivity contribution in [3.05, 3.63) is 76.6 Å². The molecule has 1 fully saturated rings. The van der Waals surface area contributed by atoms with E-state index in [4.69, 9.17) is 11.6 Å². The summed E-state index contributed by atoms with van der Waals surface area (Å²) in [7, 11) is 0. The van der Waals surface area contributed by atoms with E-state index in [-0.39, 0.29) is 11.9 Å². The van der Waals surface area contributed by atoms with Crippen molar-refractivity contribution >= 4 is 29.3 Å². The number of benzene rings is 2. The standard InChI is InChI=1S/C22H24ClN5OS/c23-18-8-5-7-16(12-18)20(28-10-3-4-11-28)13-24-21(29)19-9-2-1-6-17(19)14-30-22-25-15-26-27-22/h1-2,5-9,12,15,20H,3-4,10-11,13-14H2,(H,24,29)(H,25,26,27). The van der Waals surface area contributed by atoms with Crippen LogP contribution in [0.3, 0.4) is 0 Å². The Balaban J connectivity index is 1.46. The Hall–Kier alpha value is -2.35. The van der Waals surface area contributed by atoms with Gasteiger partial charge in [0.05, 0.1) is 6.04 Å². The number of likely N-dealkylation sites (tertiary alicyclic amines) is 1. The molecule has 156 valence electrons. The smallest absolute Gasteiger partial charge is 0.251 e. The van der Waals surface area contributed by atoms with Crippen LogP contribution in [-0.4, -0.2) is 45.6 Å². The SMILES string of the molecule is O=C(NCC(c1cccc(Cl)c1)N1CCCC1)c1ccccc1CSc1ncn[nH]1. The number of aromatic amines is 1. The molecule has 0 aliphatic carbocycles. The highest BCUT2D eigenvalue weighted by Gasteiger charge is 2.24. The molecule has 30 heavy (non-hydrogen) atoms. The van der Waals surface area contributed by atoms with Gasteiger partial charge >= 0.3 is 0 Å². The minimum absolute atomic E-state index is 0.0602. The maximum absolute atomic E-state index is 13.0. The van der Waals surface area contributed by atoms with Crippen LogP contribution in [0, 0.1) is 0 Å². The summed E-state index contributed by atoms with van der Waals surface area (Å²) in [4.78, 5) is 19.6. The summed E-state index contributed by atoms with van der Waals surface area (Å²) >= 11 is 7.75. The molecule has 0 spiro atoms. The maximum atomic E-state index is 13.0. The second-order valence-corrected chi connectivity index (χ2v) is 8.66. The Bertz CT molecular complexity index is 975. The number of rotatable bonds is 8. The van der Waals surface area contributed by atoms with Crippen LogP contribution in [-0.2, 0) is 5.75 Å². The molecule has 1 atom stereocenters. The summed E-state index contributed by atoms with van der Waals surface area (Å²) < 4.78 is 0. The van der Waals surface area contributed by atoms with Crippen molar-refractivity contribution in [3.8, 4) is 0 Å². The third-order valence-corrected chi connectivity index (χ3v) is 6.45. The fourth-order valence-electron chi connectivity index (χ4n) is 3.79. The van der Waals surface area contributed by atoms with E-state index in [1.807, 2.05) is 42.5 Å². The highest BCUT2D eigenvalue weighted by atomic mass is 35.5. The van der Waals surface area contributed by atoms with Crippen LogP contribution in [0.15, 0.2) is 60.0 Å². The summed E-state index contributed by atoms with van der Waals surface area (Å²) in [5, 5.41) is 11.3. The molecule has 1 unspecified atom stereocenters. The number of hydrogen-bond donors (Lipinski definition) is 2. The lowest BCUT2D eigenvalue weighted by Gasteiger charge is -2.28. The van der Waals surface area contributed by atoms with Crippen molar-refractivity contribution in [2.75, 3.05) is 19.6 Å². The lowest BCUT2D eigenvalue weighted by Crippen LogP contribution is -2.37. The summed E-state index contributed by atoms with van der Waals surface area (Å²) in [6, 6.07) is 15.8. The molecule has 2 aromatic carbocycles. The molecule has 1 saturated heterocycles. The van der Waals surface area contributed by atoms with Gasteiger partial charge in [-0.05, 0) is 55.3 Å². The third-order valence-electron chi connectivity index (χ3n) is 5.29. The van der Waals surface area contributed by atoms with E-state index in [1.165, 1.54) is 30.9 Å². The minimum atomic E-state index is -0.0602. The molecule has 1 aliphatic rings. The molecule has 0 saturated carbocycles. The predicted octanol–water partition coefficient (Wildman–Crippen LogP) is 4.32. The zero-order chi connectivity index (χ0) is 20.8. The Morgan fingerprint density at radius 1 is 1.20 bits per heavy atom. The van der Waals surface area contributed by atoms with Crippen molar-refractivity contribution in [3.63, 3.8) is 0 Å². The van der Waals surface area contributed by atoms with E-state index in [9.17, 15) is 4.79 Å². The van der Waals surface area contributed by atoms with Gasteiger partial charge in [-0.25, -0.2) is 4.98 Å². The van der Waals surface area contributed by atoms with Gasteiger partial charge in [0.25, 0.3) is 5.91 Å². The fourth-order valence-corrected chi connectivity index (χ4v) is 4.77. The number of nitrogens with zero attached hydrogens (tertiary/aromatic N) is 3. The molecule has 8 heteroatoms. The predicted molar refractivity (Wildman–Crippen MR) is 120 cm³/mol. The van der Waals surface area contributed by atoms with Gasteiger partial charge in [-0.15, -0.1) is 0 Å². The highest BCUT2D eigenvalue weighted by molar-refractivity contribution is 7.98. The summed E-state index contributed by atoms with van der Waals surface area (Å²) in [5.41, 5.74) is 2.80. The van der Waals surface area contributed by atoms with Crippen molar-refractivity contribution in [1.29, 1.82) is 0 Å². The van der Waals surface area contributed by atoms with Gasteiger partial charge in [0.2, 0.25) is 0 Å². The number of hydrogen-bond acceptors (Lipinski definition) is 5. The summed E-state index contributed by atoms with van der Waals surface area (Å²) in [6.07, 6.45) is 3.86. The first kappa shape index (κ1) is 20.9. The highest BCUT2D eigenvalue weighted by Crippen LogP contribution is 2.27. The molecule has 3 aromatic rings. The van der Waals surface area contributed by atoms with E-state index in [2.05, 4.69) is 31.5 Å². The number of carbonyl (C=O) groups is 1. The molecule has 1 aromatic heterocycles. The lowest BCUT2D eigenvalue weighted by atomic mass is 10.0. The van der Waals surface area contributed by atoms with Crippen LogP contribution in [0.4, 0.5) is 0 Å². The number of thioether (sulfide) groups is 1. The van der Waals surface area contributed by atoms with Crippen molar-refractivity contribution in [2.24, 2.45) is 0 Å². The molecular formula is C22H24ClN5OS. The van der Waals surface area contributed by atoms with Gasteiger partial charge in [-0.1, -0.05) is 53.7 Å². The molecule has 6 nitrogen and oxygen atoms in total. The molecule has 0 bridgehead atoms. The maximum Gasteiger partial charge on any atom is 0.251 e. The minimum Gasteiger partial charge on any atom is -0.350 e. The fraction of sp³-hybridized carbons (Fsp3) is 0.318. The van der Waals surface area contributed by atoms with Crippen molar-refractivity contribution < 1.29 is 4.79 Å². The molecule has 1 aliphatic heterocycles. The molecule has 2 heterocycles. The zero-order valence-corrected chi connectivity index (χ0v) is 18.1. The van der Waals surface area contributed by atoms with Crippen LogP contribution in [0.2, 0.25) is 5.02 Å². The van der Waals surface area contributed by atoms with E-state index < -0.39 is 0 Å². The lowest BCUT2D eigenvalue weighted by molar-refractivity contribution is 0.0937. The average molecular weight is 442 g/mol. The summed E-state index contributed by atoms with van der Waals surface area (Å²) in [6.45, 7) is 2.62. The van der Waals surface area contributed by atoms with E-state index >= 15 is 0 Å². The Morgan fingerprint density at radius 3 is 2.80 bits per heavy atom.